The van der Waals surface area contributed by atoms with Crippen LogP contribution in [0.4, 0.5) is 0 Å². The molecular formula is C21H23ClN2O2S. The Bertz CT molecular complexity index is 775. The highest BCUT2D eigenvalue weighted by molar-refractivity contribution is 8.00. The molecule has 1 heterocycles. The number of carbonyl (C=O) groups is 2. The summed E-state index contributed by atoms with van der Waals surface area (Å²) in [6.07, 6.45) is 0.366. The van der Waals surface area contributed by atoms with E-state index >= 15 is 0 Å². The number of halogens is 1. The molecular weight excluding hydrogens is 380 g/mol. The number of carbonyl (C=O) groups excluding carboxylic acids is 2. The summed E-state index contributed by atoms with van der Waals surface area (Å²) < 4.78 is 0. The predicted molar refractivity (Wildman–Crippen MR) is 110 cm³/mol. The first-order chi connectivity index (χ1) is 13.0. The molecule has 2 aromatic rings. The SMILES string of the molecule is CC(Sc1ccccc1)C(=O)N1CCN(C(=O)Cc2ccc(Cl)cc2)CC1. The molecule has 0 aromatic heterocycles. The Morgan fingerprint density at radius 3 is 2.19 bits per heavy atom. The third-order valence-electron chi connectivity index (χ3n) is 4.62. The van der Waals surface area contributed by atoms with Crippen LogP contribution in [0, 0.1) is 0 Å². The van der Waals surface area contributed by atoms with E-state index in [1.807, 2.05) is 59.2 Å². The van der Waals surface area contributed by atoms with E-state index in [2.05, 4.69) is 0 Å². The van der Waals surface area contributed by atoms with Gasteiger partial charge in [0, 0.05) is 36.1 Å². The van der Waals surface area contributed by atoms with Gasteiger partial charge in [0.1, 0.15) is 0 Å². The first kappa shape index (κ1) is 19.8. The van der Waals surface area contributed by atoms with Gasteiger partial charge in [0.25, 0.3) is 0 Å². The molecule has 1 fully saturated rings. The number of piperazine rings is 1. The van der Waals surface area contributed by atoms with Crippen molar-refractivity contribution in [3.63, 3.8) is 0 Å². The van der Waals surface area contributed by atoms with Crippen molar-refractivity contribution in [2.75, 3.05) is 26.2 Å². The topological polar surface area (TPSA) is 40.6 Å². The van der Waals surface area contributed by atoms with Crippen LogP contribution in [0.1, 0.15) is 12.5 Å². The van der Waals surface area contributed by atoms with Crippen molar-refractivity contribution in [3.05, 3.63) is 65.2 Å². The molecule has 1 aliphatic rings. The molecule has 0 N–H and O–H groups in total. The lowest BCUT2D eigenvalue weighted by Gasteiger charge is -2.36. The van der Waals surface area contributed by atoms with E-state index < -0.39 is 0 Å². The first-order valence-corrected chi connectivity index (χ1v) is 10.3. The molecule has 0 aliphatic carbocycles. The van der Waals surface area contributed by atoms with E-state index in [0.29, 0.717) is 37.6 Å². The molecule has 0 radical (unpaired) electrons. The summed E-state index contributed by atoms with van der Waals surface area (Å²) >= 11 is 7.46. The molecule has 4 nitrogen and oxygen atoms in total. The summed E-state index contributed by atoms with van der Waals surface area (Å²) in [6, 6.07) is 17.3. The molecule has 2 amide bonds. The standard InChI is InChI=1S/C21H23ClN2O2S/c1-16(27-19-5-3-2-4-6-19)21(26)24-13-11-23(12-14-24)20(25)15-17-7-9-18(22)10-8-17/h2-10,16H,11-15H2,1H3. The fraction of sp³-hybridized carbons (Fsp3) is 0.333. The van der Waals surface area contributed by atoms with Crippen molar-refractivity contribution in [2.45, 2.75) is 23.5 Å². The fourth-order valence-electron chi connectivity index (χ4n) is 3.08. The van der Waals surface area contributed by atoms with Gasteiger partial charge >= 0.3 is 0 Å². The zero-order chi connectivity index (χ0) is 19.2. The molecule has 1 aliphatic heterocycles. The van der Waals surface area contributed by atoms with Gasteiger partial charge in [-0.05, 0) is 36.8 Å². The summed E-state index contributed by atoms with van der Waals surface area (Å²) in [5, 5.41) is 0.532. The lowest BCUT2D eigenvalue weighted by Crippen LogP contribution is -2.52. The monoisotopic (exact) mass is 402 g/mol. The highest BCUT2D eigenvalue weighted by Gasteiger charge is 2.27. The molecule has 1 unspecified atom stereocenters. The average Bonchev–Trinajstić information content (AvgIpc) is 2.70. The Labute approximate surface area is 169 Å². The Kier molecular flexibility index (Phi) is 6.80. The minimum absolute atomic E-state index is 0.0936. The predicted octanol–water partition coefficient (Wildman–Crippen LogP) is 3.73. The Hall–Kier alpha value is -1.98. The van der Waals surface area contributed by atoms with Gasteiger partial charge in [0.15, 0.2) is 0 Å². The number of hydrogen-bond acceptors (Lipinski definition) is 3. The van der Waals surface area contributed by atoms with Crippen LogP contribution in [0.5, 0.6) is 0 Å². The van der Waals surface area contributed by atoms with Gasteiger partial charge in [0.2, 0.25) is 11.8 Å². The number of hydrogen-bond donors (Lipinski definition) is 0. The third kappa shape index (κ3) is 5.50. The average molecular weight is 403 g/mol. The maximum atomic E-state index is 12.7. The Morgan fingerprint density at radius 2 is 1.56 bits per heavy atom. The van der Waals surface area contributed by atoms with Crippen LogP contribution >= 0.6 is 23.4 Å². The van der Waals surface area contributed by atoms with Gasteiger partial charge in [0.05, 0.1) is 11.7 Å². The third-order valence-corrected chi connectivity index (χ3v) is 5.97. The molecule has 27 heavy (non-hydrogen) atoms. The first-order valence-electron chi connectivity index (χ1n) is 9.05. The molecule has 0 bridgehead atoms. The van der Waals surface area contributed by atoms with Gasteiger partial charge in [-0.25, -0.2) is 0 Å². The van der Waals surface area contributed by atoms with E-state index in [1.165, 1.54) is 0 Å². The highest BCUT2D eigenvalue weighted by Crippen LogP contribution is 2.24. The lowest BCUT2D eigenvalue weighted by atomic mass is 10.1. The van der Waals surface area contributed by atoms with E-state index in [9.17, 15) is 9.59 Å². The lowest BCUT2D eigenvalue weighted by molar-refractivity contribution is -0.138. The zero-order valence-corrected chi connectivity index (χ0v) is 16.9. The van der Waals surface area contributed by atoms with E-state index in [4.69, 9.17) is 11.6 Å². The molecule has 1 atom stereocenters. The van der Waals surface area contributed by atoms with Crippen LogP contribution in [-0.2, 0) is 16.0 Å². The molecule has 142 valence electrons. The van der Waals surface area contributed by atoms with Crippen molar-refractivity contribution >= 4 is 35.2 Å². The second kappa shape index (κ2) is 9.29. The van der Waals surface area contributed by atoms with Crippen molar-refractivity contribution < 1.29 is 9.59 Å². The van der Waals surface area contributed by atoms with Gasteiger partial charge in [-0.15, -0.1) is 11.8 Å². The quantitative estimate of drug-likeness (QED) is 0.715. The Morgan fingerprint density at radius 1 is 0.963 bits per heavy atom. The molecule has 3 rings (SSSR count). The zero-order valence-electron chi connectivity index (χ0n) is 15.3. The second-order valence-electron chi connectivity index (χ2n) is 6.58. The van der Waals surface area contributed by atoms with Crippen LogP contribution in [0.15, 0.2) is 59.5 Å². The van der Waals surface area contributed by atoms with Crippen LogP contribution in [0.25, 0.3) is 0 Å². The summed E-state index contributed by atoms with van der Waals surface area (Å²) in [5.74, 6) is 0.227. The molecule has 1 saturated heterocycles. The Balaban J connectivity index is 1.48. The van der Waals surface area contributed by atoms with Gasteiger partial charge in [-0.3, -0.25) is 9.59 Å². The van der Waals surface area contributed by atoms with Gasteiger partial charge in [-0.1, -0.05) is 41.9 Å². The number of nitrogens with zero attached hydrogens (tertiary/aromatic N) is 2. The van der Waals surface area contributed by atoms with Crippen molar-refractivity contribution in [2.24, 2.45) is 0 Å². The second-order valence-corrected chi connectivity index (χ2v) is 8.43. The fourth-order valence-corrected chi connectivity index (χ4v) is 4.17. The number of rotatable bonds is 5. The van der Waals surface area contributed by atoms with E-state index in [1.54, 1.807) is 23.9 Å². The summed E-state index contributed by atoms with van der Waals surface area (Å²) in [4.78, 5) is 30.0. The molecule has 2 aromatic carbocycles. The van der Waals surface area contributed by atoms with Crippen molar-refractivity contribution in [1.82, 2.24) is 9.80 Å². The minimum atomic E-state index is -0.135. The molecule has 0 saturated carbocycles. The van der Waals surface area contributed by atoms with Crippen LogP contribution < -0.4 is 0 Å². The summed E-state index contributed by atoms with van der Waals surface area (Å²) in [7, 11) is 0. The summed E-state index contributed by atoms with van der Waals surface area (Å²) in [5.41, 5.74) is 0.954. The van der Waals surface area contributed by atoms with E-state index in [-0.39, 0.29) is 17.1 Å². The van der Waals surface area contributed by atoms with Crippen LogP contribution in [0.3, 0.4) is 0 Å². The number of amides is 2. The van der Waals surface area contributed by atoms with E-state index in [0.717, 1.165) is 10.5 Å². The summed E-state index contributed by atoms with van der Waals surface area (Å²) in [6.45, 7) is 4.29. The number of benzene rings is 2. The van der Waals surface area contributed by atoms with Crippen LogP contribution in [-0.4, -0.2) is 53.0 Å². The van der Waals surface area contributed by atoms with Crippen molar-refractivity contribution in [1.29, 1.82) is 0 Å². The van der Waals surface area contributed by atoms with Crippen LogP contribution in [0.2, 0.25) is 5.02 Å². The highest BCUT2D eigenvalue weighted by atomic mass is 35.5. The maximum Gasteiger partial charge on any atom is 0.235 e. The molecule has 0 spiro atoms. The van der Waals surface area contributed by atoms with Gasteiger partial charge in [-0.2, -0.15) is 0 Å². The smallest absolute Gasteiger partial charge is 0.235 e. The largest absolute Gasteiger partial charge is 0.339 e. The van der Waals surface area contributed by atoms with Gasteiger partial charge < -0.3 is 9.80 Å². The maximum absolute atomic E-state index is 12.7. The van der Waals surface area contributed by atoms with Crippen molar-refractivity contribution in [3.8, 4) is 0 Å². The normalized spacial score (nSPS) is 15.5. The minimum Gasteiger partial charge on any atom is -0.339 e. The molecule has 6 heteroatoms. The number of thioether (sulfide) groups is 1.